The number of benzene rings is 3. The molecule has 0 saturated carbocycles. The second-order valence-corrected chi connectivity index (χ2v) is 8.25. The third kappa shape index (κ3) is 6.23. The number of halogens is 1. The summed E-state index contributed by atoms with van der Waals surface area (Å²) in [6, 6.07) is 21.7. The Bertz CT molecular complexity index is 1050. The fourth-order valence-electron chi connectivity index (χ4n) is 2.44. The number of carbonyl (C=O) groups excluding carboxylic acids is 1. The van der Waals surface area contributed by atoms with Gasteiger partial charge in [-0.1, -0.05) is 41.9 Å². The van der Waals surface area contributed by atoms with Crippen LogP contribution in [-0.2, 0) is 21.4 Å². The van der Waals surface area contributed by atoms with Crippen molar-refractivity contribution in [2.45, 2.75) is 11.4 Å². The highest BCUT2D eigenvalue weighted by molar-refractivity contribution is 7.92. The first-order valence-corrected chi connectivity index (χ1v) is 10.6. The molecule has 29 heavy (non-hydrogen) atoms. The Morgan fingerprint density at radius 3 is 2.21 bits per heavy atom. The molecule has 6 nitrogen and oxygen atoms in total. The number of hydrogen-bond acceptors (Lipinski definition) is 4. The zero-order valence-electron chi connectivity index (χ0n) is 15.3. The monoisotopic (exact) mass is 430 g/mol. The zero-order chi connectivity index (χ0) is 20.7. The highest BCUT2D eigenvalue weighted by atomic mass is 35.5. The van der Waals surface area contributed by atoms with Crippen LogP contribution >= 0.6 is 11.6 Å². The lowest BCUT2D eigenvalue weighted by Gasteiger charge is -2.10. The molecule has 1 amide bonds. The molecule has 0 aliphatic heterocycles. The van der Waals surface area contributed by atoms with Gasteiger partial charge in [-0.15, -0.1) is 0 Å². The summed E-state index contributed by atoms with van der Waals surface area (Å²) >= 11 is 5.80. The van der Waals surface area contributed by atoms with Gasteiger partial charge in [0.05, 0.1) is 4.90 Å². The van der Waals surface area contributed by atoms with Crippen LogP contribution in [0.4, 0.5) is 5.69 Å². The van der Waals surface area contributed by atoms with Crippen molar-refractivity contribution in [1.29, 1.82) is 0 Å². The molecule has 0 unspecified atom stereocenters. The van der Waals surface area contributed by atoms with Gasteiger partial charge >= 0.3 is 0 Å². The summed E-state index contributed by atoms with van der Waals surface area (Å²) in [6.07, 6.45) is 0. The summed E-state index contributed by atoms with van der Waals surface area (Å²) in [5.41, 5.74) is 1.40. The van der Waals surface area contributed by atoms with E-state index < -0.39 is 10.0 Å². The van der Waals surface area contributed by atoms with Gasteiger partial charge in [0.1, 0.15) is 5.75 Å². The van der Waals surface area contributed by atoms with Crippen LogP contribution in [0.25, 0.3) is 0 Å². The van der Waals surface area contributed by atoms with Crippen LogP contribution in [0.2, 0.25) is 5.02 Å². The van der Waals surface area contributed by atoms with Gasteiger partial charge in [0, 0.05) is 17.3 Å². The van der Waals surface area contributed by atoms with E-state index in [1.165, 1.54) is 24.3 Å². The molecule has 3 aromatic rings. The lowest BCUT2D eigenvalue weighted by molar-refractivity contribution is -0.123. The number of carbonyl (C=O) groups is 1. The molecule has 0 spiro atoms. The molecule has 2 N–H and O–H groups in total. The number of sulfonamides is 1. The maximum Gasteiger partial charge on any atom is 0.261 e. The number of ether oxygens (including phenoxy) is 1. The average molecular weight is 431 g/mol. The lowest BCUT2D eigenvalue weighted by atomic mass is 10.2. The van der Waals surface area contributed by atoms with E-state index in [1.807, 2.05) is 30.3 Å². The Hall–Kier alpha value is -3.03. The molecule has 0 aliphatic rings. The van der Waals surface area contributed by atoms with E-state index in [9.17, 15) is 13.2 Å². The van der Waals surface area contributed by atoms with Gasteiger partial charge in [-0.25, -0.2) is 8.42 Å². The summed E-state index contributed by atoms with van der Waals surface area (Å²) in [5.74, 6) is 0.125. The molecule has 0 saturated heterocycles. The number of amides is 1. The predicted octanol–water partition coefficient (Wildman–Crippen LogP) is 3.84. The normalized spacial score (nSPS) is 10.9. The fourth-order valence-corrected chi connectivity index (χ4v) is 3.63. The van der Waals surface area contributed by atoms with Gasteiger partial charge in [-0.3, -0.25) is 9.52 Å². The molecule has 3 aromatic carbocycles. The number of anilines is 1. The molecule has 0 fully saturated rings. The van der Waals surface area contributed by atoms with Crippen molar-refractivity contribution in [2.75, 3.05) is 11.3 Å². The van der Waals surface area contributed by atoms with E-state index in [0.29, 0.717) is 23.0 Å². The van der Waals surface area contributed by atoms with Crippen LogP contribution in [0.1, 0.15) is 5.56 Å². The van der Waals surface area contributed by atoms with Crippen molar-refractivity contribution in [1.82, 2.24) is 5.32 Å². The Morgan fingerprint density at radius 1 is 0.897 bits per heavy atom. The number of rotatable bonds is 8. The second-order valence-electron chi connectivity index (χ2n) is 6.13. The Balaban J connectivity index is 1.52. The number of nitrogens with one attached hydrogen (secondary N) is 2. The largest absolute Gasteiger partial charge is 0.484 e. The summed E-state index contributed by atoms with van der Waals surface area (Å²) in [5, 5.41) is 3.27. The molecular weight excluding hydrogens is 412 g/mol. The molecule has 0 aliphatic carbocycles. The first-order valence-electron chi connectivity index (χ1n) is 8.74. The van der Waals surface area contributed by atoms with Crippen molar-refractivity contribution in [3.63, 3.8) is 0 Å². The first kappa shape index (κ1) is 20.7. The third-order valence-corrected chi connectivity index (χ3v) is 5.58. The topological polar surface area (TPSA) is 84.5 Å². The van der Waals surface area contributed by atoms with E-state index in [2.05, 4.69) is 10.0 Å². The molecular formula is C21H19ClN2O4S. The maximum absolute atomic E-state index is 12.4. The van der Waals surface area contributed by atoms with Crippen LogP contribution in [0.5, 0.6) is 5.75 Å². The van der Waals surface area contributed by atoms with Crippen LogP contribution in [0.15, 0.2) is 83.8 Å². The highest BCUT2D eigenvalue weighted by Gasteiger charge is 2.14. The fraction of sp³-hybridized carbons (Fsp3) is 0.0952. The van der Waals surface area contributed by atoms with E-state index in [1.54, 1.807) is 24.3 Å². The van der Waals surface area contributed by atoms with Crippen molar-refractivity contribution in [3.05, 3.63) is 89.4 Å². The van der Waals surface area contributed by atoms with Crippen LogP contribution in [0.3, 0.4) is 0 Å². The van der Waals surface area contributed by atoms with Crippen LogP contribution in [-0.4, -0.2) is 20.9 Å². The van der Waals surface area contributed by atoms with Gasteiger partial charge in [0.2, 0.25) is 0 Å². The van der Waals surface area contributed by atoms with E-state index in [-0.39, 0.29) is 17.4 Å². The Morgan fingerprint density at radius 2 is 1.55 bits per heavy atom. The standard InChI is InChI=1S/C21H19ClN2O4S/c22-17-6-8-18(9-7-17)24-29(26,27)20-12-10-19(11-13-20)28-15-21(25)23-14-16-4-2-1-3-5-16/h1-13,24H,14-15H2,(H,23,25). The molecule has 0 radical (unpaired) electrons. The Kier molecular flexibility index (Phi) is 6.74. The third-order valence-electron chi connectivity index (χ3n) is 3.93. The molecule has 150 valence electrons. The van der Waals surface area contributed by atoms with Gasteiger partial charge < -0.3 is 10.1 Å². The minimum atomic E-state index is -3.74. The minimum Gasteiger partial charge on any atom is -0.484 e. The lowest BCUT2D eigenvalue weighted by Crippen LogP contribution is -2.28. The summed E-state index contributed by atoms with van der Waals surface area (Å²) in [4.78, 5) is 12.0. The summed E-state index contributed by atoms with van der Waals surface area (Å²) < 4.78 is 32.8. The van der Waals surface area contributed by atoms with Gasteiger partial charge in [-0.2, -0.15) is 0 Å². The molecule has 8 heteroatoms. The van der Waals surface area contributed by atoms with Crippen molar-refractivity contribution >= 4 is 33.2 Å². The van der Waals surface area contributed by atoms with Crippen molar-refractivity contribution in [2.24, 2.45) is 0 Å². The molecule has 0 heterocycles. The van der Waals surface area contributed by atoms with Crippen molar-refractivity contribution < 1.29 is 17.9 Å². The minimum absolute atomic E-state index is 0.0772. The smallest absolute Gasteiger partial charge is 0.261 e. The van der Waals surface area contributed by atoms with E-state index in [0.717, 1.165) is 5.56 Å². The van der Waals surface area contributed by atoms with Gasteiger partial charge in [-0.05, 0) is 54.1 Å². The summed E-state index contributed by atoms with van der Waals surface area (Å²) in [7, 11) is -3.74. The van der Waals surface area contributed by atoms with E-state index in [4.69, 9.17) is 16.3 Å². The van der Waals surface area contributed by atoms with Crippen LogP contribution in [0, 0.1) is 0 Å². The SMILES string of the molecule is O=C(COc1ccc(S(=O)(=O)Nc2ccc(Cl)cc2)cc1)NCc1ccccc1. The van der Waals surface area contributed by atoms with Gasteiger partial charge in [0.25, 0.3) is 15.9 Å². The number of hydrogen-bond donors (Lipinski definition) is 2. The van der Waals surface area contributed by atoms with E-state index >= 15 is 0 Å². The Labute approximate surface area is 174 Å². The molecule has 3 rings (SSSR count). The molecule has 0 aromatic heterocycles. The maximum atomic E-state index is 12.4. The average Bonchev–Trinajstić information content (AvgIpc) is 2.73. The molecule has 0 bridgehead atoms. The van der Waals surface area contributed by atoms with Crippen molar-refractivity contribution in [3.8, 4) is 5.75 Å². The predicted molar refractivity (Wildman–Crippen MR) is 112 cm³/mol. The summed E-state index contributed by atoms with van der Waals surface area (Å²) in [6.45, 7) is 0.249. The highest BCUT2D eigenvalue weighted by Crippen LogP contribution is 2.20. The second kappa shape index (κ2) is 9.45. The quantitative estimate of drug-likeness (QED) is 0.568. The zero-order valence-corrected chi connectivity index (χ0v) is 16.9. The van der Waals surface area contributed by atoms with Gasteiger partial charge in [0.15, 0.2) is 6.61 Å². The molecule has 0 atom stereocenters. The first-order chi connectivity index (χ1) is 13.9. The van der Waals surface area contributed by atoms with Crippen LogP contribution < -0.4 is 14.8 Å².